The molecule has 1 aromatic carbocycles. The van der Waals surface area contributed by atoms with Gasteiger partial charge < -0.3 is 17.6 Å². The van der Waals surface area contributed by atoms with Gasteiger partial charge in [-0.3, -0.25) is 0 Å². The molecule has 22 heavy (non-hydrogen) atoms. The quantitative estimate of drug-likeness (QED) is 0.589. The molecule has 0 unspecified atom stereocenters. The van der Waals surface area contributed by atoms with E-state index < -0.39 is 6.97 Å². The van der Waals surface area contributed by atoms with Crippen molar-refractivity contribution >= 4 is 49.0 Å². The van der Waals surface area contributed by atoms with Crippen LogP contribution >= 0.6 is 31.9 Å². The summed E-state index contributed by atoms with van der Waals surface area (Å²) in [6.45, 7) is -3.95. The third kappa shape index (κ3) is 1.78. The normalized spacial score (nSPS) is 18.7. The van der Waals surface area contributed by atoms with Gasteiger partial charge in [0.05, 0.1) is 10.2 Å². The Kier molecular flexibility index (Phi) is 3.06. The number of aromatic nitrogens is 1. The Morgan fingerprint density at radius 3 is 2.41 bits per heavy atom. The molecular weight excluding hydrogens is 417 g/mol. The molecule has 0 N–H and O–H groups in total. The molecule has 0 saturated carbocycles. The van der Waals surface area contributed by atoms with Crippen molar-refractivity contribution < 1.29 is 13.1 Å². The van der Waals surface area contributed by atoms with Crippen molar-refractivity contribution in [3.05, 3.63) is 76.2 Å². The molecule has 2 aliphatic rings. The number of rotatable bonds is 1. The summed E-state index contributed by atoms with van der Waals surface area (Å²) in [5.41, 5.74) is 2.74. The zero-order valence-electron chi connectivity index (χ0n) is 11.2. The fourth-order valence-corrected chi connectivity index (χ4v) is 4.17. The van der Waals surface area contributed by atoms with Gasteiger partial charge in [0.25, 0.3) is 0 Å². The van der Waals surface area contributed by atoms with Crippen molar-refractivity contribution in [2.75, 3.05) is 0 Å². The molecule has 7 heteroatoms. The molecule has 0 aliphatic carbocycles. The van der Waals surface area contributed by atoms with Crippen molar-refractivity contribution in [1.82, 2.24) is 4.48 Å². The molecule has 0 radical (unpaired) electrons. The second-order valence-electron chi connectivity index (χ2n) is 5.15. The van der Waals surface area contributed by atoms with Crippen LogP contribution in [-0.2, 0) is 0 Å². The predicted molar refractivity (Wildman–Crippen MR) is 91.3 cm³/mol. The van der Waals surface area contributed by atoms with E-state index in [1.54, 1.807) is 24.3 Å². The first kappa shape index (κ1) is 14.1. The Morgan fingerprint density at radius 2 is 1.68 bits per heavy atom. The average molecular weight is 426 g/mol. The summed E-state index contributed by atoms with van der Waals surface area (Å²) in [7, 11) is 0. The van der Waals surface area contributed by atoms with Crippen LogP contribution in [0.15, 0.2) is 64.9 Å². The van der Waals surface area contributed by atoms with Gasteiger partial charge in [-0.15, -0.1) is 0 Å². The summed E-state index contributed by atoms with van der Waals surface area (Å²) in [6, 6.07) is 13.0. The van der Waals surface area contributed by atoms with E-state index in [0.717, 1.165) is 20.1 Å². The Hall–Kier alpha value is -1.47. The van der Waals surface area contributed by atoms with Gasteiger partial charge in [0.2, 0.25) is 4.62 Å². The summed E-state index contributed by atoms with van der Waals surface area (Å²) >= 11 is 6.50. The third-order valence-corrected chi connectivity index (χ3v) is 5.23. The highest BCUT2D eigenvalue weighted by Gasteiger charge is 2.54. The van der Waals surface area contributed by atoms with E-state index in [1.165, 1.54) is 0 Å². The molecule has 0 atom stereocenters. The van der Waals surface area contributed by atoms with E-state index in [-0.39, 0.29) is 0 Å². The molecule has 0 spiro atoms. The van der Waals surface area contributed by atoms with Gasteiger partial charge in [0.15, 0.2) is 5.70 Å². The van der Waals surface area contributed by atoms with Gasteiger partial charge in [-0.1, -0.05) is 30.3 Å². The van der Waals surface area contributed by atoms with E-state index in [0.29, 0.717) is 20.6 Å². The van der Waals surface area contributed by atoms with E-state index in [9.17, 15) is 8.63 Å². The lowest BCUT2D eigenvalue weighted by Crippen LogP contribution is -2.50. The minimum atomic E-state index is -3.95. The number of nitrogens with zero attached hydrogens (tertiary/aromatic N) is 2. The molecule has 2 nitrogen and oxygen atoms in total. The lowest BCUT2D eigenvalue weighted by molar-refractivity contribution is -0.358. The molecule has 2 aromatic rings. The van der Waals surface area contributed by atoms with Gasteiger partial charge in [-0.25, -0.2) is 0 Å². The Morgan fingerprint density at radius 1 is 0.955 bits per heavy atom. The first-order chi connectivity index (χ1) is 10.5. The van der Waals surface area contributed by atoms with Crippen molar-refractivity contribution in [2.45, 2.75) is 0 Å². The van der Waals surface area contributed by atoms with Crippen molar-refractivity contribution in [3.63, 3.8) is 0 Å². The maximum Gasteiger partial charge on any atom is 0.738 e. The van der Waals surface area contributed by atoms with Gasteiger partial charge in [0.1, 0.15) is 0 Å². The Labute approximate surface area is 142 Å². The maximum atomic E-state index is 15.0. The van der Waals surface area contributed by atoms with Crippen LogP contribution in [0.2, 0.25) is 0 Å². The van der Waals surface area contributed by atoms with Crippen LogP contribution in [0.4, 0.5) is 8.63 Å². The van der Waals surface area contributed by atoms with E-state index in [1.807, 2.05) is 30.3 Å². The van der Waals surface area contributed by atoms with Gasteiger partial charge >= 0.3 is 6.97 Å². The van der Waals surface area contributed by atoms with Crippen molar-refractivity contribution in [2.24, 2.45) is 0 Å². The van der Waals surface area contributed by atoms with Crippen LogP contribution in [0.25, 0.3) is 5.57 Å². The van der Waals surface area contributed by atoms with Crippen LogP contribution < -0.4 is 0 Å². The Bertz CT molecular complexity index is 882. The van der Waals surface area contributed by atoms with E-state index in [4.69, 9.17) is 0 Å². The average Bonchev–Trinajstić information content (AvgIpc) is 3.06. The zero-order chi connectivity index (χ0) is 15.5. The zero-order valence-corrected chi connectivity index (χ0v) is 14.4. The summed E-state index contributed by atoms with van der Waals surface area (Å²) in [4.78, 5) is 0. The molecule has 0 amide bonds. The van der Waals surface area contributed by atoms with Gasteiger partial charge in [-0.05, 0) is 33.6 Å². The highest BCUT2D eigenvalue weighted by Crippen LogP contribution is 2.41. The SMILES string of the molecule is F[B-]1(F)n2c(Br)ccc2C(c2ccccc2)=C2C=CC(Br)=[N+]21. The van der Waals surface area contributed by atoms with Gasteiger partial charge in [-0.2, -0.15) is 0 Å². The Balaban J connectivity index is 2.13. The summed E-state index contributed by atoms with van der Waals surface area (Å²) in [5, 5.41) is 0. The van der Waals surface area contributed by atoms with Crippen LogP contribution in [0.1, 0.15) is 11.3 Å². The lowest BCUT2D eigenvalue weighted by Gasteiger charge is -2.32. The minimum Gasteiger partial charge on any atom is -0.389 e. The van der Waals surface area contributed by atoms with Crippen LogP contribution in [-0.4, -0.2) is 20.6 Å². The number of hydrogen-bond donors (Lipinski definition) is 0. The predicted octanol–water partition coefficient (Wildman–Crippen LogP) is 4.62. The number of halogens is 4. The molecule has 0 bridgehead atoms. The number of hydrogen-bond acceptors (Lipinski definition) is 0. The first-order valence-corrected chi connectivity index (χ1v) is 8.29. The van der Waals surface area contributed by atoms with Crippen molar-refractivity contribution in [1.29, 1.82) is 0 Å². The largest absolute Gasteiger partial charge is 0.738 e. The molecule has 2 aliphatic heterocycles. The number of benzene rings is 1. The molecule has 110 valence electrons. The van der Waals surface area contributed by atoms with Crippen LogP contribution in [0.5, 0.6) is 0 Å². The molecule has 0 fully saturated rings. The second kappa shape index (κ2) is 4.76. The molecule has 3 heterocycles. The highest BCUT2D eigenvalue weighted by molar-refractivity contribution is 9.18. The molecule has 4 rings (SSSR count). The van der Waals surface area contributed by atoms with Gasteiger partial charge in [0, 0.05) is 33.8 Å². The summed E-state index contributed by atoms with van der Waals surface area (Å²) < 4.78 is 32.8. The topological polar surface area (TPSA) is 7.94 Å². The lowest BCUT2D eigenvalue weighted by atomic mass is 9.86. The fraction of sp³-hybridized carbons (Fsp3) is 0. The van der Waals surface area contributed by atoms with E-state index >= 15 is 0 Å². The first-order valence-electron chi connectivity index (χ1n) is 6.71. The fourth-order valence-electron chi connectivity index (χ4n) is 3.03. The molecular formula is C15H9BBr2F2N2. The summed E-state index contributed by atoms with van der Waals surface area (Å²) in [5.74, 6) is 0. The standard InChI is InChI=1S/C15H9BBr2F2N2/c17-13-8-6-11-15(10-4-2-1-3-5-10)12-7-9-14(18)22(12)16(19,20)21(11)13/h1-9H. The monoisotopic (exact) mass is 424 g/mol. The molecule has 1 aromatic heterocycles. The number of allylic oxidation sites excluding steroid dienone is 2. The number of fused-ring (bicyclic) bond motifs is 2. The maximum absolute atomic E-state index is 15.0. The highest BCUT2D eigenvalue weighted by atomic mass is 79.9. The second-order valence-corrected chi connectivity index (χ2v) is 6.78. The van der Waals surface area contributed by atoms with Crippen LogP contribution in [0, 0.1) is 0 Å². The minimum absolute atomic E-state index is 0.368. The van der Waals surface area contributed by atoms with Crippen molar-refractivity contribution in [3.8, 4) is 0 Å². The van der Waals surface area contributed by atoms with Crippen LogP contribution in [0.3, 0.4) is 0 Å². The summed E-state index contributed by atoms with van der Waals surface area (Å²) in [6.07, 6.45) is 3.39. The van der Waals surface area contributed by atoms with E-state index in [2.05, 4.69) is 31.9 Å². The smallest absolute Gasteiger partial charge is 0.389 e. The molecule has 0 saturated heterocycles. The third-order valence-electron chi connectivity index (χ3n) is 3.93.